The van der Waals surface area contributed by atoms with Gasteiger partial charge in [-0.2, -0.15) is 0 Å². The van der Waals surface area contributed by atoms with Crippen LogP contribution in [-0.2, 0) is 19.3 Å². The molecule has 0 unspecified atom stereocenters. The quantitative estimate of drug-likeness (QED) is 0.121. The van der Waals surface area contributed by atoms with Gasteiger partial charge in [0.1, 0.15) is 0 Å². The van der Waals surface area contributed by atoms with E-state index in [1.807, 2.05) is 0 Å². The molecule has 0 nitrogen and oxygen atoms in total. The molecule has 0 saturated carbocycles. The highest BCUT2D eigenvalue weighted by Crippen LogP contribution is 2.33. The van der Waals surface area contributed by atoms with Gasteiger partial charge in [0, 0.05) is 0 Å². The molecule has 0 aliphatic rings. The van der Waals surface area contributed by atoms with Gasteiger partial charge in [0.2, 0.25) is 0 Å². The Morgan fingerprint density at radius 2 is 0.872 bits per heavy atom. The summed E-state index contributed by atoms with van der Waals surface area (Å²) in [6.45, 7) is 8.83. The molecular formula is C47H48. The lowest BCUT2D eigenvalue weighted by atomic mass is 9.87. The summed E-state index contributed by atoms with van der Waals surface area (Å²) in [6, 6.07) is 50.2. The second-order valence-electron chi connectivity index (χ2n) is 13.4. The largest absolute Gasteiger partial charge is 0.0654 e. The van der Waals surface area contributed by atoms with Crippen LogP contribution in [0.4, 0.5) is 0 Å². The van der Waals surface area contributed by atoms with Crippen LogP contribution in [0.25, 0.3) is 33.4 Å². The van der Waals surface area contributed by atoms with Crippen molar-refractivity contribution in [2.45, 2.75) is 72.6 Å². The zero-order chi connectivity index (χ0) is 32.6. The molecule has 0 heterocycles. The van der Waals surface area contributed by atoms with Crippen LogP contribution in [0.3, 0.4) is 0 Å². The Bertz CT molecular complexity index is 1920. The number of rotatable bonds is 12. The van der Waals surface area contributed by atoms with Crippen molar-refractivity contribution in [3.8, 4) is 33.4 Å². The summed E-state index contributed by atoms with van der Waals surface area (Å²) in [7, 11) is 0. The third-order valence-electron chi connectivity index (χ3n) is 9.45. The molecule has 47 heavy (non-hydrogen) atoms. The molecule has 236 valence electrons. The molecular weight excluding hydrogens is 565 g/mol. The lowest BCUT2D eigenvalue weighted by Gasteiger charge is -2.17. The minimum absolute atomic E-state index is 0.897. The molecule has 0 amide bonds. The van der Waals surface area contributed by atoms with Gasteiger partial charge in [0.15, 0.2) is 0 Å². The Kier molecular flexibility index (Phi) is 10.5. The number of hydrogen-bond donors (Lipinski definition) is 0. The Hall–Kier alpha value is -4.68. The minimum Gasteiger partial charge on any atom is -0.0654 e. The highest BCUT2D eigenvalue weighted by molar-refractivity contribution is 5.73. The van der Waals surface area contributed by atoms with E-state index in [-0.39, 0.29) is 0 Å². The molecule has 0 saturated heterocycles. The predicted molar refractivity (Wildman–Crippen MR) is 203 cm³/mol. The van der Waals surface area contributed by atoms with Crippen molar-refractivity contribution >= 4 is 0 Å². The second kappa shape index (κ2) is 15.3. The van der Waals surface area contributed by atoms with E-state index in [1.54, 1.807) is 0 Å². The van der Waals surface area contributed by atoms with Gasteiger partial charge in [-0.15, -0.1) is 0 Å². The van der Waals surface area contributed by atoms with Crippen LogP contribution >= 0.6 is 0 Å². The van der Waals surface area contributed by atoms with Crippen LogP contribution in [0.15, 0.2) is 133 Å². The van der Waals surface area contributed by atoms with Crippen molar-refractivity contribution in [3.63, 3.8) is 0 Å². The Balaban J connectivity index is 1.26. The van der Waals surface area contributed by atoms with E-state index >= 15 is 0 Å². The SMILES string of the molecule is CCCCCCc1ccc(-c2cccc(Cc3cc(C)ccc3-c3ccc(C)cc3Cc3cccc(-c4ccc(C)cc4)c3)c2)cc1. The number of hydrogen-bond acceptors (Lipinski definition) is 0. The maximum absolute atomic E-state index is 2.39. The third-order valence-corrected chi connectivity index (χ3v) is 9.45. The molecule has 0 bridgehead atoms. The molecule has 0 heteroatoms. The van der Waals surface area contributed by atoms with Crippen LogP contribution in [0, 0.1) is 20.8 Å². The van der Waals surface area contributed by atoms with Gasteiger partial charge in [-0.3, -0.25) is 0 Å². The zero-order valence-corrected chi connectivity index (χ0v) is 28.7. The lowest BCUT2D eigenvalue weighted by molar-refractivity contribution is 0.667. The number of benzene rings is 6. The van der Waals surface area contributed by atoms with Crippen molar-refractivity contribution in [1.82, 2.24) is 0 Å². The third kappa shape index (κ3) is 8.38. The van der Waals surface area contributed by atoms with Crippen molar-refractivity contribution in [3.05, 3.63) is 178 Å². The van der Waals surface area contributed by atoms with Gasteiger partial charge in [0.05, 0.1) is 0 Å². The van der Waals surface area contributed by atoms with Crippen LogP contribution in [0.2, 0.25) is 0 Å². The van der Waals surface area contributed by atoms with E-state index < -0.39 is 0 Å². The van der Waals surface area contributed by atoms with Crippen LogP contribution in [-0.4, -0.2) is 0 Å². The van der Waals surface area contributed by atoms with Crippen molar-refractivity contribution in [2.75, 3.05) is 0 Å². The van der Waals surface area contributed by atoms with E-state index in [0.717, 1.165) is 12.8 Å². The summed E-state index contributed by atoms with van der Waals surface area (Å²) in [5.74, 6) is 0. The molecule has 0 aliphatic heterocycles. The maximum Gasteiger partial charge on any atom is -0.00193 e. The van der Waals surface area contributed by atoms with Crippen LogP contribution in [0.5, 0.6) is 0 Å². The topological polar surface area (TPSA) is 0 Å². The first-order chi connectivity index (χ1) is 22.9. The zero-order valence-electron chi connectivity index (χ0n) is 28.7. The first-order valence-corrected chi connectivity index (χ1v) is 17.5. The summed E-state index contributed by atoms with van der Waals surface area (Å²) >= 11 is 0. The molecule has 6 rings (SSSR count). The molecule has 0 radical (unpaired) electrons. The van der Waals surface area contributed by atoms with Crippen molar-refractivity contribution in [1.29, 1.82) is 0 Å². The van der Waals surface area contributed by atoms with Gasteiger partial charge in [-0.25, -0.2) is 0 Å². The fraction of sp³-hybridized carbons (Fsp3) is 0.234. The Morgan fingerprint density at radius 3 is 1.38 bits per heavy atom. The highest BCUT2D eigenvalue weighted by Gasteiger charge is 2.13. The highest BCUT2D eigenvalue weighted by atomic mass is 14.2. The maximum atomic E-state index is 2.39. The van der Waals surface area contributed by atoms with Crippen molar-refractivity contribution in [2.24, 2.45) is 0 Å². The normalized spacial score (nSPS) is 11.1. The second-order valence-corrected chi connectivity index (χ2v) is 13.4. The first-order valence-electron chi connectivity index (χ1n) is 17.5. The average Bonchev–Trinajstić information content (AvgIpc) is 3.08. The van der Waals surface area contributed by atoms with Gasteiger partial charge < -0.3 is 0 Å². The summed E-state index contributed by atoms with van der Waals surface area (Å²) < 4.78 is 0. The van der Waals surface area contributed by atoms with E-state index in [4.69, 9.17) is 0 Å². The predicted octanol–water partition coefficient (Wildman–Crippen LogP) is 12.9. The summed E-state index contributed by atoms with van der Waals surface area (Å²) in [5.41, 5.74) is 18.6. The number of unbranched alkanes of at least 4 members (excludes halogenated alkanes) is 3. The summed E-state index contributed by atoms with van der Waals surface area (Å²) in [4.78, 5) is 0. The molecule has 0 aromatic heterocycles. The smallest absolute Gasteiger partial charge is 0.00193 e. The molecule has 6 aromatic rings. The number of aryl methyl sites for hydroxylation is 4. The fourth-order valence-corrected chi connectivity index (χ4v) is 6.79. The molecule has 0 spiro atoms. The van der Waals surface area contributed by atoms with E-state index in [0.29, 0.717) is 0 Å². The molecule has 0 atom stereocenters. The monoisotopic (exact) mass is 612 g/mol. The van der Waals surface area contributed by atoms with Crippen LogP contribution < -0.4 is 0 Å². The van der Waals surface area contributed by atoms with Gasteiger partial charge >= 0.3 is 0 Å². The minimum atomic E-state index is 0.897. The summed E-state index contributed by atoms with van der Waals surface area (Å²) in [6.07, 6.45) is 8.20. The van der Waals surface area contributed by atoms with Gasteiger partial charge in [-0.05, 0) is 108 Å². The molecule has 0 fully saturated rings. The van der Waals surface area contributed by atoms with Gasteiger partial charge in [0.25, 0.3) is 0 Å². The molecule has 0 N–H and O–H groups in total. The van der Waals surface area contributed by atoms with Gasteiger partial charge in [-0.1, -0.05) is 176 Å². The molecule has 0 aliphatic carbocycles. The van der Waals surface area contributed by atoms with E-state index in [1.165, 1.54) is 110 Å². The van der Waals surface area contributed by atoms with Crippen LogP contribution in [0.1, 0.15) is 77.1 Å². The standard InChI is InChI=1S/C47H48/c1-5-6-7-8-11-37-20-24-41(25-21-37)43-15-10-13-39(31-43)33-45-29-36(4)19-27-47(45)46-26-18-35(3)28-44(46)32-38-12-9-14-42(30-38)40-22-16-34(2)17-23-40/h9-10,12-31H,5-8,11,32-33H2,1-4H3. The van der Waals surface area contributed by atoms with E-state index in [2.05, 4.69) is 161 Å². The lowest BCUT2D eigenvalue weighted by Crippen LogP contribution is -1.99. The Morgan fingerprint density at radius 1 is 0.383 bits per heavy atom. The first kappa shape index (κ1) is 32.3. The average molecular weight is 613 g/mol. The molecule has 6 aromatic carbocycles. The summed E-state index contributed by atoms with van der Waals surface area (Å²) in [5, 5.41) is 0. The van der Waals surface area contributed by atoms with E-state index in [9.17, 15) is 0 Å². The van der Waals surface area contributed by atoms with Crippen molar-refractivity contribution < 1.29 is 0 Å². The Labute approximate surface area is 283 Å². The fourth-order valence-electron chi connectivity index (χ4n) is 6.79.